The smallest absolute Gasteiger partial charge is 0.324 e. The standard InChI is InChI=1S/C31H31F4N7O/c1-3-41-11-13-42(14-12-41)19-23-7-6-21(15-25(23)31(33,34)35)29(43)38-24-16-26(32)20(2)28(17-24)40-30-37-10-8-27(39-30)22-5-4-9-36-18-22/h4-10,15-18H,3,11-14,19H2,1-2H3,(H,38,43)(H,37,39,40). The highest BCUT2D eigenvalue weighted by molar-refractivity contribution is 6.04. The van der Waals surface area contributed by atoms with Crippen LogP contribution in [0, 0.1) is 12.7 Å². The molecule has 0 unspecified atom stereocenters. The van der Waals surface area contributed by atoms with Crippen molar-refractivity contribution in [2.45, 2.75) is 26.6 Å². The van der Waals surface area contributed by atoms with Crippen LogP contribution in [0.3, 0.4) is 0 Å². The molecule has 1 amide bonds. The number of anilines is 3. The molecule has 3 heterocycles. The summed E-state index contributed by atoms with van der Waals surface area (Å²) in [6, 6.07) is 11.5. The predicted octanol–water partition coefficient (Wildman–Crippen LogP) is 6.14. The summed E-state index contributed by atoms with van der Waals surface area (Å²) in [5, 5.41) is 5.50. The van der Waals surface area contributed by atoms with Gasteiger partial charge in [-0.15, -0.1) is 0 Å². The zero-order valence-corrected chi connectivity index (χ0v) is 23.7. The minimum Gasteiger partial charge on any atom is -0.324 e. The SMILES string of the molecule is CCN1CCN(Cc2ccc(C(=O)Nc3cc(F)c(C)c(Nc4nccc(-c5cccnc5)n4)c3)cc2C(F)(F)F)CC1. The highest BCUT2D eigenvalue weighted by Crippen LogP contribution is 2.34. The van der Waals surface area contributed by atoms with Gasteiger partial charge in [-0.3, -0.25) is 14.7 Å². The lowest BCUT2D eigenvalue weighted by atomic mass is 10.0. The lowest BCUT2D eigenvalue weighted by Gasteiger charge is -2.34. The number of likely N-dealkylation sites (N-methyl/N-ethyl adjacent to an activating group) is 1. The first-order chi connectivity index (χ1) is 20.6. The van der Waals surface area contributed by atoms with Gasteiger partial charge in [0.2, 0.25) is 5.95 Å². The molecule has 2 N–H and O–H groups in total. The fourth-order valence-electron chi connectivity index (χ4n) is 4.92. The van der Waals surface area contributed by atoms with Crippen LogP contribution in [0.5, 0.6) is 0 Å². The molecule has 1 fully saturated rings. The zero-order valence-electron chi connectivity index (χ0n) is 23.7. The van der Waals surface area contributed by atoms with E-state index in [1.807, 2.05) is 11.0 Å². The Morgan fingerprint density at radius 3 is 2.47 bits per heavy atom. The van der Waals surface area contributed by atoms with Crippen molar-refractivity contribution in [2.75, 3.05) is 43.4 Å². The Morgan fingerprint density at radius 2 is 1.77 bits per heavy atom. The molecule has 0 aliphatic carbocycles. The molecule has 1 aliphatic rings. The topological polar surface area (TPSA) is 86.3 Å². The number of hydrogen-bond acceptors (Lipinski definition) is 7. The molecule has 4 aromatic rings. The van der Waals surface area contributed by atoms with Gasteiger partial charge in [0.05, 0.1) is 11.3 Å². The maximum Gasteiger partial charge on any atom is 0.416 e. The van der Waals surface area contributed by atoms with Crippen LogP contribution in [0.4, 0.5) is 34.9 Å². The van der Waals surface area contributed by atoms with E-state index in [0.717, 1.165) is 37.3 Å². The molecule has 2 aromatic heterocycles. The number of carbonyl (C=O) groups is 1. The molecule has 1 aliphatic heterocycles. The van der Waals surface area contributed by atoms with Gasteiger partial charge in [0.25, 0.3) is 5.91 Å². The highest BCUT2D eigenvalue weighted by atomic mass is 19.4. The van der Waals surface area contributed by atoms with Gasteiger partial charge in [0, 0.05) is 79.4 Å². The average molecular weight is 594 g/mol. The van der Waals surface area contributed by atoms with E-state index < -0.39 is 23.5 Å². The number of piperazine rings is 1. The second-order valence-corrected chi connectivity index (χ2v) is 10.3. The van der Waals surface area contributed by atoms with Crippen molar-refractivity contribution in [1.82, 2.24) is 24.8 Å². The van der Waals surface area contributed by atoms with Crippen LogP contribution in [0.2, 0.25) is 0 Å². The van der Waals surface area contributed by atoms with E-state index in [-0.39, 0.29) is 40.6 Å². The number of rotatable bonds is 8. The zero-order chi connectivity index (χ0) is 30.6. The quantitative estimate of drug-likeness (QED) is 0.238. The van der Waals surface area contributed by atoms with Crippen molar-refractivity contribution in [3.63, 3.8) is 0 Å². The fourth-order valence-corrected chi connectivity index (χ4v) is 4.92. The minimum absolute atomic E-state index is 0.0606. The van der Waals surface area contributed by atoms with Gasteiger partial charge in [-0.1, -0.05) is 13.0 Å². The van der Waals surface area contributed by atoms with Gasteiger partial charge in [-0.05, 0) is 61.5 Å². The van der Waals surface area contributed by atoms with Crippen molar-refractivity contribution in [2.24, 2.45) is 0 Å². The van der Waals surface area contributed by atoms with Gasteiger partial charge in [-0.25, -0.2) is 14.4 Å². The lowest BCUT2D eigenvalue weighted by molar-refractivity contribution is -0.138. The van der Waals surface area contributed by atoms with E-state index in [2.05, 4.69) is 37.4 Å². The number of nitrogens with zero attached hydrogens (tertiary/aromatic N) is 5. The van der Waals surface area contributed by atoms with E-state index in [9.17, 15) is 22.4 Å². The first-order valence-corrected chi connectivity index (χ1v) is 13.9. The van der Waals surface area contributed by atoms with E-state index in [1.54, 1.807) is 37.6 Å². The third-order valence-electron chi connectivity index (χ3n) is 7.45. The first kappa shape index (κ1) is 30.1. The van der Waals surface area contributed by atoms with Gasteiger partial charge in [0.15, 0.2) is 0 Å². The molecule has 0 radical (unpaired) electrons. The maximum atomic E-state index is 14.9. The molecule has 1 saturated heterocycles. The Labute approximate surface area is 246 Å². The summed E-state index contributed by atoms with van der Waals surface area (Å²) in [7, 11) is 0. The lowest BCUT2D eigenvalue weighted by Crippen LogP contribution is -2.45. The van der Waals surface area contributed by atoms with E-state index >= 15 is 0 Å². The first-order valence-electron chi connectivity index (χ1n) is 13.9. The summed E-state index contributed by atoms with van der Waals surface area (Å²) in [4.78, 5) is 30.0. The van der Waals surface area contributed by atoms with Crippen LogP contribution >= 0.6 is 0 Å². The number of alkyl halides is 3. The third-order valence-corrected chi connectivity index (χ3v) is 7.45. The largest absolute Gasteiger partial charge is 0.416 e. The van der Waals surface area contributed by atoms with Crippen molar-refractivity contribution in [3.05, 3.63) is 95.2 Å². The molecule has 12 heteroatoms. The molecule has 2 aromatic carbocycles. The number of halogens is 4. The van der Waals surface area contributed by atoms with Gasteiger partial charge >= 0.3 is 6.18 Å². The Hall–Kier alpha value is -4.42. The van der Waals surface area contributed by atoms with E-state index in [0.29, 0.717) is 18.8 Å². The second-order valence-electron chi connectivity index (χ2n) is 10.3. The summed E-state index contributed by atoms with van der Waals surface area (Å²) in [5.74, 6) is -1.23. The molecule has 0 spiro atoms. The summed E-state index contributed by atoms with van der Waals surface area (Å²) < 4.78 is 57.0. The number of aromatic nitrogens is 3. The predicted molar refractivity (Wildman–Crippen MR) is 156 cm³/mol. The number of hydrogen-bond donors (Lipinski definition) is 2. The summed E-state index contributed by atoms with van der Waals surface area (Å²) in [6.07, 6.45) is 0.192. The molecular weight excluding hydrogens is 562 g/mol. The van der Waals surface area contributed by atoms with Crippen LogP contribution in [0.25, 0.3) is 11.3 Å². The normalized spacial score (nSPS) is 14.5. The van der Waals surface area contributed by atoms with Crippen molar-refractivity contribution in [3.8, 4) is 11.3 Å². The summed E-state index contributed by atoms with van der Waals surface area (Å²) in [6.45, 7) is 7.57. The number of benzene rings is 2. The van der Waals surface area contributed by atoms with Gasteiger partial charge in [-0.2, -0.15) is 13.2 Å². The van der Waals surface area contributed by atoms with Crippen LogP contribution < -0.4 is 10.6 Å². The Bertz CT molecular complexity index is 1590. The highest BCUT2D eigenvalue weighted by Gasteiger charge is 2.34. The number of pyridine rings is 1. The van der Waals surface area contributed by atoms with Gasteiger partial charge in [0.1, 0.15) is 5.82 Å². The monoisotopic (exact) mass is 593 g/mol. The van der Waals surface area contributed by atoms with Crippen LogP contribution in [0.1, 0.15) is 34.0 Å². The van der Waals surface area contributed by atoms with E-state index in [4.69, 9.17) is 0 Å². The Balaban J connectivity index is 1.34. The molecule has 43 heavy (non-hydrogen) atoms. The average Bonchev–Trinajstić information content (AvgIpc) is 3.00. The van der Waals surface area contributed by atoms with Crippen molar-refractivity contribution >= 4 is 23.2 Å². The molecule has 224 valence electrons. The third kappa shape index (κ3) is 7.33. The van der Waals surface area contributed by atoms with Crippen molar-refractivity contribution in [1.29, 1.82) is 0 Å². The van der Waals surface area contributed by atoms with Crippen molar-refractivity contribution < 1.29 is 22.4 Å². The molecule has 5 rings (SSSR count). The maximum absolute atomic E-state index is 14.9. The molecule has 0 saturated carbocycles. The fraction of sp³-hybridized carbons (Fsp3) is 0.290. The minimum atomic E-state index is -4.64. The molecule has 8 nitrogen and oxygen atoms in total. The summed E-state index contributed by atoms with van der Waals surface area (Å²) in [5.41, 5.74) is 1.02. The van der Waals surface area contributed by atoms with E-state index in [1.165, 1.54) is 18.2 Å². The number of nitrogens with one attached hydrogen (secondary N) is 2. The molecule has 0 bridgehead atoms. The molecule has 0 atom stereocenters. The van der Waals surface area contributed by atoms with Gasteiger partial charge < -0.3 is 15.5 Å². The molecular formula is C31H31F4N7O. The Morgan fingerprint density at radius 1 is 1.00 bits per heavy atom. The number of amides is 1. The van der Waals surface area contributed by atoms with Crippen LogP contribution in [-0.4, -0.2) is 63.4 Å². The van der Waals surface area contributed by atoms with Crippen LogP contribution in [0.15, 0.2) is 67.1 Å². The number of carbonyl (C=O) groups excluding carboxylic acids is 1. The summed E-state index contributed by atoms with van der Waals surface area (Å²) >= 11 is 0. The second kappa shape index (κ2) is 12.8. The Kier molecular flexibility index (Phi) is 8.97. The van der Waals surface area contributed by atoms with Crippen LogP contribution in [-0.2, 0) is 12.7 Å².